The molecule has 0 spiro atoms. The van der Waals surface area contributed by atoms with Gasteiger partial charge < -0.3 is 20.5 Å². The van der Waals surface area contributed by atoms with Crippen molar-refractivity contribution in [3.63, 3.8) is 0 Å². The summed E-state index contributed by atoms with van der Waals surface area (Å²) in [5.41, 5.74) is 5.02. The third-order valence-electron chi connectivity index (χ3n) is 0.870. The minimum absolute atomic E-state index is 0. The Morgan fingerprint density at radius 1 is 0.778 bits per heavy atom. The molecular weight excluding hydrogens is 432 g/mol. The molecule has 27 heavy (non-hydrogen) atoms. The Hall–Kier alpha value is -1.08. The summed E-state index contributed by atoms with van der Waals surface area (Å²) in [6, 6.07) is 0. The van der Waals surface area contributed by atoms with Crippen LogP contribution >= 0.6 is 40.5 Å². The van der Waals surface area contributed by atoms with Crippen LogP contribution < -0.4 is 11.1 Å². The van der Waals surface area contributed by atoms with E-state index >= 15 is 0 Å². The number of ether oxygens (including phenoxy) is 2. The van der Waals surface area contributed by atoms with Gasteiger partial charge in [-0.2, -0.15) is 40.5 Å². The van der Waals surface area contributed by atoms with Crippen LogP contribution in [-0.2, 0) is 43.2 Å². The Morgan fingerprint density at radius 3 is 1.30 bits per heavy atom. The summed E-state index contributed by atoms with van der Waals surface area (Å²) in [6.07, 6.45) is 1.35. The molecule has 0 unspecified atom stereocenters. The lowest BCUT2D eigenvalue weighted by molar-refractivity contribution is -0.215. The lowest BCUT2D eigenvalue weighted by atomic mass is 10.8. The van der Waals surface area contributed by atoms with Crippen molar-refractivity contribution in [2.75, 3.05) is 40.9 Å². The van der Waals surface area contributed by atoms with Crippen molar-refractivity contribution in [2.24, 2.45) is 5.73 Å². The van der Waals surface area contributed by atoms with Crippen LogP contribution in [0.4, 0.5) is 0 Å². The van der Waals surface area contributed by atoms with E-state index in [2.05, 4.69) is 15.1 Å². The van der Waals surface area contributed by atoms with Gasteiger partial charge in [-0.05, 0) is 0 Å². The Labute approximate surface area is 178 Å². The molecule has 0 radical (unpaired) electrons. The van der Waals surface area contributed by atoms with Crippen molar-refractivity contribution in [1.82, 2.24) is 5.32 Å². The third-order valence-corrected chi connectivity index (χ3v) is 0.870. The fourth-order valence-electron chi connectivity index (χ4n) is 0.366. The predicted molar refractivity (Wildman–Crippen MR) is 110 cm³/mol. The Kier molecular flexibility index (Phi) is 159. The summed E-state index contributed by atoms with van der Waals surface area (Å²) < 4.78 is 9.60. The van der Waals surface area contributed by atoms with Crippen molar-refractivity contribution < 1.29 is 53.7 Å². The number of nitrogens with two attached hydrogens (primary N) is 1. The number of carbonyl (C=O) groups excluding carboxylic acids is 5. The molecule has 0 aromatic heterocycles. The van der Waals surface area contributed by atoms with Gasteiger partial charge in [0.2, 0.25) is 6.41 Å². The molecule has 0 rings (SSSR count). The maximum atomic E-state index is 9.65. The highest BCUT2D eigenvalue weighted by Crippen LogP contribution is 1.72. The second-order valence-corrected chi connectivity index (χ2v) is 2.36. The molecule has 5 N–H and O–H groups in total. The van der Waals surface area contributed by atoms with Crippen molar-refractivity contribution in [3.8, 4) is 0 Å². The highest BCUT2D eigenvalue weighted by atomic mass is 32.1. The highest BCUT2D eigenvalue weighted by molar-refractivity contribution is 7.59. The van der Waals surface area contributed by atoms with Gasteiger partial charge in [-0.15, -0.1) is 0 Å². The second-order valence-electron chi connectivity index (χ2n) is 2.36. The first kappa shape index (κ1) is 50.1. The molecule has 168 valence electrons. The molecule has 0 bridgehead atoms. The first-order chi connectivity index (χ1) is 11.6. The van der Waals surface area contributed by atoms with Gasteiger partial charge in [0.05, 0.1) is 34.2 Å². The lowest BCUT2D eigenvalue weighted by Crippen LogP contribution is -2.18. The highest BCUT2D eigenvalue weighted by Gasteiger charge is 1.84. The molecule has 0 atom stereocenters. The first-order valence-corrected chi connectivity index (χ1v) is 5.73. The summed E-state index contributed by atoms with van der Waals surface area (Å²) >= 11 is 0. The Balaban J connectivity index is -0.0000000303. The number of carbonyl (C=O) groups is 5. The van der Waals surface area contributed by atoms with E-state index in [1.165, 1.54) is 14.2 Å². The quantitative estimate of drug-likeness (QED) is 0.0731. The zero-order chi connectivity index (χ0) is 19.9. The smallest absolute Gasteiger partial charge is 0.208 e. The largest absolute Gasteiger partial charge is 0.364 e. The van der Waals surface area contributed by atoms with Crippen LogP contribution in [0.2, 0.25) is 0 Å². The van der Waals surface area contributed by atoms with Crippen LogP contribution in [0.15, 0.2) is 0 Å². The summed E-state index contributed by atoms with van der Waals surface area (Å²) in [5, 5.41) is 16.5. The molecule has 0 fully saturated rings. The van der Waals surface area contributed by atoms with Gasteiger partial charge in [0.15, 0.2) is 25.1 Å². The van der Waals surface area contributed by atoms with Gasteiger partial charge in [-0.25, -0.2) is 9.78 Å². The van der Waals surface area contributed by atoms with E-state index in [0.717, 1.165) is 0 Å². The summed E-state index contributed by atoms with van der Waals surface area (Å²) in [5.74, 6) is 0. The molecule has 0 aliphatic heterocycles. The molecule has 13 nitrogen and oxygen atoms in total. The van der Waals surface area contributed by atoms with Gasteiger partial charge in [0.25, 0.3) is 0 Å². The molecule has 0 aromatic carbocycles. The topological polar surface area (TPSA) is 201 Å². The van der Waals surface area contributed by atoms with Crippen LogP contribution in [0.1, 0.15) is 0 Å². The van der Waals surface area contributed by atoms with E-state index < -0.39 is 0 Å². The van der Waals surface area contributed by atoms with Crippen LogP contribution in [0.3, 0.4) is 0 Å². The third kappa shape index (κ3) is 209. The number of hydrogen-bond donors (Lipinski definition) is 4. The Bertz CT molecular complexity index is 230. The standard InChI is InChI=1S/C5H12N2O3.2C2H2O2.2CH4O2.3H2S/c6-3-9-1-2-10-5-7-4-8;2*3-1-2-4;2*1-3-2;;;/h4H,1-3,5-6H2,(H,7,8);2*1-2H;2*2H,1H3;3*1H2. The van der Waals surface area contributed by atoms with Crippen molar-refractivity contribution >= 4 is 72.0 Å². The van der Waals surface area contributed by atoms with E-state index in [1.54, 1.807) is 0 Å². The van der Waals surface area contributed by atoms with Gasteiger partial charge >= 0.3 is 0 Å². The monoisotopic (exact) mass is 462 g/mol. The summed E-state index contributed by atoms with van der Waals surface area (Å²) in [4.78, 5) is 51.4. The zero-order valence-corrected chi connectivity index (χ0v) is 17.9. The maximum Gasteiger partial charge on any atom is 0.208 e. The summed E-state index contributed by atoms with van der Waals surface area (Å²) in [7, 11) is 2.36. The predicted octanol–water partition coefficient (Wildman–Crippen LogP) is -2.04. The maximum absolute atomic E-state index is 9.65. The molecule has 0 saturated carbocycles. The first-order valence-electron chi connectivity index (χ1n) is 5.73. The average molecular weight is 463 g/mol. The second kappa shape index (κ2) is 85.4. The van der Waals surface area contributed by atoms with Crippen LogP contribution in [-0.4, -0.2) is 83.0 Å². The minimum Gasteiger partial charge on any atom is -0.364 e. The van der Waals surface area contributed by atoms with Crippen molar-refractivity contribution in [3.05, 3.63) is 0 Å². The van der Waals surface area contributed by atoms with Gasteiger partial charge in [-0.1, -0.05) is 0 Å². The van der Waals surface area contributed by atoms with E-state index in [1.807, 2.05) is 0 Å². The lowest BCUT2D eigenvalue weighted by Gasteiger charge is -2.01. The molecule has 0 aliphatic carbocycles. The van der Waals surface area contributed by atoms with E-state index in [-0.39, 0.29) is 79.1 Å². The normalized spacial score (nSPS) is 6.26. The number of aldehydes is 4. The van der Waals surface area contributed by atoms with Gasteiger partial charge in [-0.3, -0.25) is 34.5 Å². The van der Waals surface area contributed by atoms with Gasteiger partial charge in [0.1, 0.15) is 6.73 Å². The van der Waals surface area contributed by atoms with Crippen LogP contribution in [0, 0.1) is 0 Å². The molecule has 0 aromatic rings. The molecule has 1 amide bonds. The molecule has 16 heteroatoms. The minimum atomic E-state index is 0. The van der Waals surface area contributed by atoms with Crippen molar-refractivity contribution in [2.45, 2.75) is 0 Å². The zero-order valence-electron chi connectivity index (χ0n) is 14.9. The SMILES string of the molecule is COO.COO.NCOCCOCNC=O.O=CC=O.O=CC=O.S.S.S. The average Bonchev–Trinajstić information content (AvgIpc) is 2.60. The molecule has 0 heterocycles. The molecule has 0 aliphatic rings. The summed E-state index contributed by atoms with van der Waals surface area (Å²) in [6.45, 7) is 1.32. The van der Waals surface area contributed by atoms with E-state index in [0.29, 0.717) is 19.6 Å². The van der Waals surface area contributed by atoms with Crippen LogP contribution in [0.5, 0.6) is 0 Å². The van der Waals surface area contributed by atoms with E-state index in [9.17, 15) is 4.79 Å². The fraction of sp³-hybridized carbons (Fsp3) is 0.545. The number of hydrogen-bond acceptors (Lipinski definition) is 12. The molecule has 0 saturated heterocycles. The van der Waals surface area contributed by atoms with Gasteiger partial charge in [0, 0.05) is 0 Å². The van der Waals surface area contributed by atoms with Crippen LogP contribution in [0.25, 0.3) is 0 Å². The fourth-order valence-corrected chi connectivity index (χ4v) is 0.366. The Morgan fingerprint density at radius 2 is 1.07 bits per heavy atom. The van der Waals surface area contributed by atoms with E-state index in [4.69, 9.17) is 44.9 Å². The van der Waals surface area contributed by atoms with Crippen molar-refractivity contribution in [1.29, 1.82) is 0 Å². The molecular formula is C11H30N2O11S3. The number of rotatable bonds is 9. The number of amides is 1. The number of nitrogens with one attached hydrogen (secondary N) is 1.